The number of benzene rings is 1. The fraction of sp³-hybridized carbons (Fsp3) is 0.545. The van der Waals surface area contributed by atoms with Crippen LogP contribution in [0.25, 0.3) is 10.9 Å². The molecule has 2 fully saturated rings. The molecule has 0 unspecified atom stereocenters. The van der Waals surface area contributed by atoms with Crippen molar-refractivity contribution in [3.8, 4) is 5.75 Å². The van der Waals surface area contributed by atoms with Crippen molar-refractivity contribution in [1.82, 2.24) is 30.1 Å². The maximum Gasteiger partial charge on any atom is 0.253 e. The van der Waals surface area contributed by atoms with Gasteiger partial charge < -0.3 is 9.72 Å². The van der Waals surface area contributed by atoms with Crippen molar-refractivity contribution in [3.63, 3.8) is 0 Å². The molecule has 2 aliphatic rings. The Balaban J connectivity index is 1.62. The average molecular weight is 409 g/mol. The predicted molar refractivity (Wildman–Crippen MR) is 114 cm³/mol. The Labute approximate surface area is 175 Å². The molecule has 0 spiro atoms. The van der Waals surface area contributed by atoms with E-state index in [0.29, 0.717) is 11.6 Å². The summed E-state index contributed by atoms with van der Waals surface area (Å²) in [7, 11) is 1.63. The standard InChI is InChI=1S/C22H28N6O2/c1-30-17-10-9-15-13-18(22(29)23-19(15)14-17)20(27-11-5-6-12-27)21-24-25-26-28(21)16-7-3-2-4-8-16/h9-10,13-14,16,20H,2-8,11-12H2,1H3,(H,23,29)/t20-/m0/s1. The van der Waals surface area contributed by atoms with Gasteiger partial charge in [0.25, 0.3) is 5.56 Å². The number of methoxy groups -OCH3 is 1. The third-order valence-electron chi connectivity index (χ3n) is 6.57. The number of tetrazole rings is 1. The fourth-order valence-electron chi connectivity index (χ4n) is 4.99. The highest BCUT2D eigenvalue weighted by atomic mass is 16.5. The van der Waals surface area contributed by atoms with Crippen molar-refractivity contribution in [2.45, 2.75) is 57.0 Å². The second-order valence-corrected chi connectivity index (χ2v) is 8.43. The number of likely N-dealkylation sites (tertiary alicyclic amines) is 1. The second-order valence-electron chi connectivity index (χ2n) is 8.43. The van der Waals surface area contributed by atoms with E-state index in [-0.39, 0.29) is 11.6 Å². The number of ether oxygens (including phenoxy) is 1. The van der Waals surface area contributed by atoms with Crippen LogP contribution >= 0.6 is 0 Å². The Morgan fingerprint density at radius 3 is 2.67 bits per heavy atom. The second kappa shape index (κ2) is 8.18. The Hall–Kier alpha value is -2.74. The third-order valence-corrected chi connectivity index (χ3v) is 6.57. The van der Waals surface area contributed by atoms with Crippen LogP contribution in [0.1, 0.15) is 68.4 Å². The summed E-state index contributed by atoms with van der Waals surface area (Å²) in [5.74, 6) is 1.52. The number of fused-ring (bicyclic) bond motifs is 1. The Bertz CT molecular complexity index is 1080. The van der Waals surface area contributed by atoms with Gasteiger partial charge in [0.15, 0.2) is 5.82 Å². The molecular weight excluding hydrogens is 380 g/mol. The highest BCUT2D eigenvalue weighted by molar-refractivity contribution is 5.80. The van der Waals surface area contributed by atoms with E-state index in [2.05, 4.69) is 25.4 Å². The molecule has 0 radical (unpaired) electrons. The largest absolute Gasteiger partial charge is 0.497 e. The topological polar surface area (TPSA) is 88.9 Å². The monoisotopic (exact) mass is 408 g/mol. The van der Waals surface area contributed by atoms with Crippen LogP contribution < -0.4 is 10.3 Å². The third kappa shape index (κ3) is 3.49. The van der Waals surface area contributed by atoms with Crippen LogP contribution in [0.3, 0.4) is 0 Å². The number of nitrogens with zero attached hydrogens (tertiary/aromatic N) is 5. The summed E-state index contributed by atoms with van der Waals surface area (Å²) in [6, 6.07) is 7.84. The van der Waals surface area contributed by atoms with Gasteiger partial charge in [0, 0.05) is 11.6 Å². The molecule has 8 nitrogen and oxygen atoms in total. The molecule has 3 aromatic rings. The first-order valence-electron chi connectivity index (χ1n) is 11.0. The number of rotatable bonds is 5. The van der Waals surface area contributed by atoms with E-state index in [1.54, 1.807) is 7.11 Å². The number of aromatic amines is 1. The number of H-pyrrole nitrogens is 1. The van der Waals surface area contributed by atoms with Crippen molar-refractivity contribution < 1.29 is 4.74 Å². The highest BCUT2D eigenvalue weighted by Crippen LogP contribution is 2.34. The normalized spacial score (nSPS) is 19.4. The highest BCUT2D eigenvalue weighted by Gasteiger charge is 2.33. The van der Waals surface area contributed by atoms with Gasteiger partial charge in [-0.3, -0.25) is 9.69 Å². The van der Waals surface area contributed by atoms with E-state index in [4.69, 9.17) is 4.74 Å². The zero-order valence-corrected chi connectivity index (χ0v) is 17.4. The minimum atomic E-state index is -0.236. The van der Waals surface area contributed by atoms with Crippen LogP contribution in [0.2, 0.25) is 0 Å². The summed E-state index contributed by atoms with van der Waals surface area (Å²) in [5, 5.41) is 13.8. The lowest BCUT2D eigenvalue weighted by Crippen LogP contribution is -2.34. The van der Waals surface area contributed by atoms with Crippen molar-refractivity contribution in [1.29, 1.82) is 0 Å². The molecule has 1 aliphatic carbocycles. The van der Waals surface area contributed by atoms with Crippen LogP contribution in [0.4, 0.5) is 0 Å². The van der Waals surface area contributed by atoms with Gasteiger partial charge in [-0.25, -0.2) is 4.68 Å². The summed E-state index contributed by atoms with van der Waals surface area (Å²) in [6.07, 6.45) is 8.14. The maximum absolute atomic E-state index is 13.2. The number of hydrogen-bond acceptors (Lipinski definition) is 6. The lowest BCUT2D eigenvalue weighted by molar-refractivity contribution is 0.243. The quantitative estimate of drug-likeness (QED) is 0.697. The predicted octanol–water partition coefficient (Wildman–Crippen LogP) is 3.21. The summed E-state index contributed by atoms with van der Waals surface area (Å²) in [5.41, 5.74) is 1.39. The molecule has 8 heteroatoms. The van der Waals surface area contributed by atoms with E-state index in [1.165, 1.54) is 19.3 Å². The first kappa shape index (κ1) is 19.2. The van der Waals surface area contributed by atoms with Crippen LogP contribution in [0, 0.1) is 0 Å². The molecule has 1 saturated carbocycles. The molecule has 1 saturated heterocycles. The zero-order valence-electron chi connectivity index (χ0n) is 17.4. The van der Waals surface area contributed by atoms with Gasteiger partial charge in [-0.15, -0.1) is 5.10 Å². The molecule has 0 amide bonds. The molecule has 30 heavy (non-hydrogen) atoms. The van der Waals surface area contributed by atoms with Gasteiger partial charge in [0.05, 0.1) is 18.7 Å². The van der Waals surface area contributed by atoms with Gasteiger partial charge in [0.2, 0.25) is 0 Å². The summed E-state index contributed by atoms with van der Waals surface area (Å²) in [4.78, 5) is 18.6. The van der Waals surface area contributed by atoms with Gasteiger partial charge in [-0.2, -0.15) is 0 Å². The van der Waals surface area contributed by atoms with Gasteiger partial charge in [-0.1, -0.05) is 19.3 Å². The lowest BCUT2D eigenvalue weighted by atomic mass is 9.95. The Morgan fingerprint density at radius 2 is 1.90 bits per heavy atom. The van der Waals surface area contributed by atoms with Crippen molar-refractivity contribution in [2.24, 2.45) is 0 Å². The van der Waals surface area contributed by atoms with Crippen molar-refractivity contribution in [3.05, 3.63) is 46.0 Å². The van der Waals surface area contributed by atoms with E-state index >= 15 is 0 Å². The molecule has 1 aromatic carbocycles. The SMILES string of the molecule is COc1ccc2cc([C@@H](c3nnnn3C3CCCCC3)N3CCCC3)c(=O)[nH]c2c1. The lowest BCUT2D eigenvalue weighted by Gasteiger charge is -2.29. The van der Waals surface area contributed by atoms with Crippen LogP contribution in [0.5, 0.6) is 5.75 Å². The number of nitrogens with one attached hydrogen (secondary N) is 1. The molecule has 1 N–H and O–H groups in total. The number of hydrogen-bond donors (Lipinski definition) is 1. The number of aromatic nitrogens is 5. The molecule has 2 aromatic heterocycles. The van der Waals surface area contributed by atoms with Crippen LogP contribution in [-0.4, -0.2) is 50.3 Å². The average Bonchev–Trinajstić information content (AvgIpc) is 3.47. The molecular formula is C22H28N6O2. The van der Waals surface area contributed by atoms with Crippen molar-refractivity contribution in [2.75, 3.05) is 20.2 Å². The Morgan fingerprint density at radius 1 is 1.10 bits per heavy atom. The first-order chi connectivity index (χ1) is 14.7. The van der Waals surface area contributed by atoms with E-state index < -0.39 is 0 Å². The molecule has 1 atom stereocenters. The van der Waals surface area contributed by atoms with Crippen LogP contribution in [0.15, 0.2) is 29.1 Å². The maximum atomic E-state index is 13.2. The Kier molecular flexibility index (Phi) is 5.25. The van der Waals surface area contributed by atoms with Crippen molar-refractivity contribution >= 4 is 10.9 Å². The van der Waals surface area contributed by atoms with Crippen LogP contribution in [-0.2, 0) is 0 Å². The first-order valence-corrected chi connectivity index (χ1v) is 11.0. The fourth-order valence-corrected chi connectivity index (χ4v) is 4.99. The summed E-state index contributed by atoms with van der Waals surface area (Å²) < 4.78 is 7.30. The smallest absolute Gasteiger partial charge is 0.253 e. The van der Waals surface area contributed by atoms with E-state index in [0.717, 1.165) is 61.2 Å². The summed E-state index contributed by atoms with van der Waals surface area (Å²) >= 11 is 0. The van der Waals surface area contributed by atoms with Gasteiger partial charge >= 0.3 is 0 Å². The van der Waals surface area contributed by atoms with Gasteiger partial charge in [0.1, 0.15) is 11.8 Å². The number of pyridine rings is 1. The summed E-state index contributed by atoms with van der Waals surface area (Å²) in [6.45, 7) is 1.89. The van der Waals surface area contributed by atoms with Gasteiger partial charge in [-0.05, 0) is 72.8 Å². The molecule has 158 valence electrons. The molecule has 3 heterocycles. The van der Waals surface area contributed by atoms with E-state index in [1.807, 2.05) is 28.9 Å². The van der Waals surface area contributed by atoms with E-state index in [9.17, 15) is 4.79 Å². The molecule has 0 bridgehead atoms. The minimum Gasteiger partial charge on any atom is -0.497 e. The minimum absolute atomic E-state index is 0.0918. The zero-order chi connectivity index (χ0) is 20.5. The molecule has 1 aliphatic heterocycles. The molecule has 5 rings (SSSR count).